The minimum Gasteiger partial charge on any atom is -0.379 e. The summed E-state index contributed by atoms with van der Waals surface area (Å²) in [5.41, 5.74) is 1.38. The van der Waals surface area contributed by atoms with Crippen molar-refractivity contribution in [2.75, 3.05) is 44.7 Å². The molecular weight excluding hydrogens is 502 g/mol. The molecule has 2 heterocycles. The van der Waals surface area contributed by atoms with Crippen molar-refractivity contribution in [3.63, 3.8) is 0 Å². The molecule has 2 aromatic carbocycles. The van der Waals surface area contributed by atoms with E-state index in [2.05, 4.69) is 12.2 Å². The molecule has 2 fully saturated rings. The smallest absolute Gasteiger partial charge is 0.243 e. The number of carbonyl (C=O) groups is 1. The number of nitrogens with zero attached hydrogens (tertiary/aromatic N) is 2. The van der Waals surface area contributed by atoms with E-state index in [9.17, 15) is 21.6 Å². The van der Waals surface area contributed by atoms with Crippen LogP contribution in [0.5, 0.6) is 0 Å². The van der Waals surface area contributed by atoms with Crippen LogP contribution >= 0.6 is 0 Å². The van der Waals surface area contributed by atoms with Crippen LogP contribution in [-0.2, 0) is 36.0 Å². The number of hydrogen-bond donors (Lipinski definition) is 1. The van der Waals surface area contributed by atoms with Crippen LogP contribution in [0.4, 0.5) is 5.69 Å². The van der Waals surface area contributed by atoms with Crippen LogP contribution in [0, 0.1) is 5.92 Å². The van der Waals surface area contributed by atoms with Gasteiger partial charge in [0.15, 0.2) is 0 Å². The maximum absolute atomic E-state index is 12.9. The van der Waals surface area contributed by atoms with E-state index in [-0.39, 0.29) is 22.1 Å². The molecule has 2 aliphatic rings. The highest BCUT2D eigenvalue weighted by molar-refractivity contribution is 7.89. The SMILES string of the molecule is CC1CCCN(S(=O)(=O)c2ccc(NC(=O)CCc3ccc(S(=O)(=O)N4CCOCC4)cc3)cc2)C1. The third kappa shape index (κ3) is 6.33. The van der Waals surface area contributed by atoms with Gasteiger partial charge in [-0.15, -0.1) is 0 Å². The van der Waals surface area contributed by atoms with Crippen LogP contribution in [0.25, 0.3) is 0 Å². The van der Waals surface area contributed by atoms with E-state index in [1.165, 1.54) is 20.7 Å². The van der Waals surface area contributed by atoms with Gasteiger partial charge in [0.2, 0.25) is 26.0 Å². The first-order valence-electron chi connectivity index (χ1n) is 12.2. The Labute approximate surface area is 213 Å². The maximum Gasteiger partial charge on any atom is 0.243 e. The highest BCUT2D eigenvalue weighted by Gasteiger charge is 2.29. The van der Waals surface area contributed by atoms with Crippen molar-refractivity contribution < 1.29 is 26.4 Å². The molecule has 0 bridgehead atoms. The standard InChI is InChI=1S/C25H33N3O6S2/c1-20-3-2-14-28(19-20)36(32,33)24-11-7-22(8-12-24)26-25(29)13-6-21-4-9-23(10-5-21)35(30,31)27-15-17-34-18-16-27/h4-5,7-12,20H,2-3,6,13-19H2,1H3,(H,26,29). The summed E-state index contributed by atoms with van der Waals surface area (Å²) in [6.45, 7) is 4.59. The molecule has 1 N–H and O–H groups in total. The highest BCUT2D eigenvalue weighted by Crippen LogP contribution is 2.24. The lowest BCUT2D eigenvalue weighted by Crippen LogP contribution is -2.40. The highest BCUT2D eigenvalue weighted by atomic mass is 32.2. The summed E-state index contributed by atoms with van der Waals surface area (Å²) >= 11 is 0. The molecule has 0 aliphatic carbocycles. The number of hydrogen-bond acceptors (Lipinski definition) is 6. The lowest BCUT2D eigenvalue weighted by molar-refractivity contribution is -0.116. The third-order valence-corrected chi connectivity index (χ3v) is 10.4. The molecule has 1 unspecified atom stereocenters. The van der Waals surface area contributed by atoms with E-state index < -0.39 is 20.0 Å². The van der Waals surface area contributed by atoms with Gasteiger partial charge in [0.25, 0.3) is 0 Å². The molecule has 4 rings (SSSR count). The Morgan fingerprint density at radius 1 is 0.889 bits per heavy atom. The number of benzene rings is 2. The molecule has 1 atom stereocenters. The summed E-state index contributed by atoms with van der Waals surface area (Å²) in [6, 6.07) is 12.8. The van der Waals surface area contributed by atoms with Gasteiger partial charge in [0.05, 0.1) is 23.0 Å². The van der Waals surface area contributed by atoms with Crippen molar-refractivity contribution in [2.45, 2.75) is 42.4 Å². The summed E-state index contributed by atoms with van der Waals surface area (Å²) in [7, 11) is -7.09. The number of carbonyl (C=O) groups excluding carboxylic acids is 1. The monoisotopic (exact) mass is 535 g/mol. The normalized spacial score (nSPS) is 20.2. The van der Waals surface area contributed by atoms with Crippen molar-refractivity contribution in [1.82, 2.24) is 8.61 Å². The minimum atomic E-state index is -3.55. The number of anilines is 1. The minimum absolute atomic E-state index is 0.208. The molecule has 2 aromatic rings. The predicted molar refractivity (Wildman–Crippen MR) is 137 cm³/mol. The van der Waals surface area contributed by atoms with Crippen molar-refractivity contribution in [1.29, 1.82) is 0 Å². The van der Waals surface area contributed by atoms with E-state index in [4.69, 9.17) is 4.74 Å². The second kappa shape index (κ2) is 11.4. The number of ether oxygens (including phenoxy) is 1. The van der Waals surface area contributed by atoms with Gasteiger partial charge in [-0.2, -0.15) is 8.61 Å². The summed E-state index contributed by atoms with van der Waals surface area (Å²) in [5, 5.41) is 2.79. The van der Waals surface area contributed by atoms with Gasteiger partial charge >= 0.3 is 0 Å². The molecule has 0 saturated carbocycles. The fourth-order valence-electron chi connectivity index (χ4n) is 4.47. The van der Waals surface area contributed by atoms with E-state index >= 15 is 0 Å². The summed E-state index contributed by atoms with van der Waals surface area (Å²) in [5.74, 6) is 0.137. The number of nitrogens with one attached hydrogen (secondary N) is 1. The van der Waals surface area contributed by atoms with Gasteiger partial charge in [-0.05, 0) is 67.1 Å². The largest absolute Gasteiger partial charge is 0.379 e. The maximum atomic E-state index is 12.9. The van der Waals surface area contributed by atoms with E-state index in [1.54, 1.807) is 36.4 Å². The van der Waals surface area contributed by atoms with Crippen LogP contribution in [0.15, 0.2) is 58.3 Å². The van der Waals surface area contributed by atoms with Crippen molar-refractivity contribution in [3.05, 3.63) is 54.1 Å². The molecule has 2 saturated heterocycles. The predicted octanol–water partition coefficient (Wildman–Crippen LogP) is 2.70. The van der Waals surface area contributed by atoms with Crippen LogP contribution in [0.1, 0.15) is 31.7 Å². The van der Waals surface area contributed by atoms with Crippen molar-refractivity contribution >= 4 is 31.6 Å². The molecular formula is C25H33N3O6S2. The van der Waals surface area contributed by atoms with Gasteiger partial charge in [0, 0.05) is 38.3 Å². The van der Waals surface area contributed by atoms with E-state index in [0.717, 1.165) is 18.4 Å². The molecule has 9 nitrogen and oxygen atoms in total. The summed E-state index contributed by atoms with van der Waals surface area (Å²) < 4.78 is 59.4. The van der Waals surface area contributed by atoms with Gasteiger partial charge in [-0.25, -0.2) is 16.8 Å². The quantitative estimate of drug-likeness (QED) is 0.556. The molecule has 36 heavy (non-hydrogen) atoms. The first-order chi connectivity index (χ1) is 17.2. The second-order valence-corrected chi connectivity index (χ2v) is 13.2. The average Bonchev–Trinajstić information content (AvgIpc) is 2.88. The molecule has 0 radical (unpaired) electrons. The Balaban J connectivity index is 1.30. The van der Waals surface area contributed by atoms with Gasteiger partial charge in [-0.1, -0.05) is 19.1 Å². The zero-order valence-electron chi connectivity index (χ0n) is 20.4. The zero-order chi connectivity index (χ0) is 25.8. The van der Waals surface area contributed by atoms with Crippen LogP contribution in [0.3, 0.4) is 0 Å². The van der Waals surface area contributed by atoms with Gasteiger partial charge in [0.1, 0.15) is 0 Å². The second-order valence-electron chi connectivity index (χ2n) is 9.34. The summed E-state index contributed by atoms with van der Waals surface area (Å²) in [4.78, 5) is 12.9. The topological polar surface area (TPSA) is 113 Å². The lowest BCUT2D eigenvalue weighted by Gasteiger charge is -2.30. The average molecular weight is 536 g/mol. The summed E-state index contributed by atoms with van der Waals surface area (Å²) in [6.07, 6.45) is 2.56. The molecule has 1 amide bonds. The van der Waals surface area contributed by atoms with Gasteiger partial charge in [-0.3, -0.25) is 4.79 Å². The van der Waals surface area contributed by atoms with Crippen LogP contribution in [-0.4, -0.2) is 70.7 Å². The number of rotatable bonds is 8. The Kier molecular flexibility index (Phi) is 8.46. The van der Waals surface area contributed by atoms with E-state index in [0.29, 0.717) is 57.4 Å². The first kappa shape index (κ1) is 26.7. The van der Waals surface area contributed by atoms with Crippen LogP contribution in [0.2, 0.25) is 0 Å². The number of morpholine rings is 1. The van der Waals surface area contributed by atoms with Crippen molar-refractivity contribution in [3.8, 4) is 0 Å². The molecule has 196 valence electrons. The van der Waals surface area contributed by atoms with Gasteiger partial charge < -0.3 is 10.1 Å². The molecule has 0 aromatic heterocycles. The number of amides is 1. The first-order valence-corrected chi connectivity index (χ1v) is 15.1. The number of sulfonamides is 2. The fourth-order valence-corrected chi connectivity index (χ4v) is 7.48. The molecule has 11 heteroatoms. The Bertz CT molecular complexity index is 1260. The Morgan fingerprint density at radius 2 is 1.47 bits per heavy atom. The Hall–Kier alpha value is -2.31. The number of piperidine rings is 1. The number of aryl methyl sites for hydroxylation is 1. The zero-order valence-corrected chi connectivity index (χ0v) is 22.1. The lowest BCUT2D eigenvalue weighted by atomic mass is 10.0. The molecule has 0 spiro atoms. The molecule has 2 aliphatic heterocycles. The van der Waals surface area contributed by atoms with Crippen molar-refractivity contribution in [2.24, 2.45) is 5.92 Å². The van der Waals surface area contributed by atoms with Crippen LogP contribution < -0.4 is 5.32 Å². The fraction of sp³-hybridized carbons (Fsp3) is 0.480. The third-order valence-electron chi connectivity index (χ3n) is 6.57. The van der Waals surface area contributed by atoms with E-state index in [1.807, 2.05) is 0 Å². The Morgan fingerprint density at radius 3 is 2.08 bits per heavy atom.